The summed E-state index contributed by atoms with van der Waals surface area (Å²) in [6.45, 7) is 1.77. The minimum Gasteiger partial charge on any atom is -0.465 e. The average Bonchev–Trinajstić information content (AvgIpc) is 2.58. The van der Waals surface area contributed by atoms with Crippen molar-refractivity contribution >= 4 is 6.09 Å². The Kier molecular flexibility index (Phi) is 3.26. The number of benzene rings is 1. The van der Waals surface area contributed by atoms with Crippen molar-refractivity contribution in [1.29, 1.82) is 0 Å². The van der Waals surface area contributed by atoms with Gasteiger partial charge in [0, 0.05) is 12.5 Å². The Morgan fingerprint density at radius 1 is 1.56 bits per heavy atom. The van der Waals surface area contributed by atoms with Crippen molar-refractivity contribution in [3.05, 3.63) is 35.6 Å². The van der Waals surface area contributed by atoms with Gasteiger partial charge in [-0.1, -0.05) is 18.2 Å². The number of β-amino-alcohol motifs (C(OH)–C–C–N with tert-alkyl or cyclic N) is 1. The number of likely N-dealkylation sites (tertiary alicyclic amines) is 1. The quantitative estimate of drug-likeness (QED) is 0.845. The number of hydrogen-bond donors (Lipinski definition) is 2. The first-order valence-corrected chi connectivity index (χ1v) is 5.87. The summed E-state index contributed by atoms with van der Waals surface area (Å²) in [5, 5.41) is 19.4. The standard InChI is InChI=1S/C13H16FNO3/c1-9-6-13(18,8-15(9)12(16)17)7-10-4-2-3-5-11(10)14/h2-5,9,18H,6-8H2,1H3,(H,16,17)/t9-,13-/m0/s1. The van der Waals surface area contributed by atoms with Crippen LogP contribution in [0.1, 0.15) is 18.9 Å². The van der Waals surface area contributed by atoms with Crippen LogP contribution in [-0.4, -0.2) is 39.4 Å². The van der Waals surface area contributed by atoms with Crippen LogP contribution in [0.5, 0.6) is 0 Å². The van der Waals surface area contributed by atoms with Crippen LogP contribution in [0, 0.1) is 5.82 Å². The van der Waals surface area contributed by atoms with Gasteiger partial charge in [0.25, 0.3) is 0 Å². The van der Waals surface area contributed by atoms with E-state index >= 15 is 0 Å². The van der Waals surface area contributed by atoms with Crippen LogP contribution >= 0.6 is 0 Å². The molecule has 1 heterocycles. The van der Waals surface area contributed by atoms with Crippen molar-refractivity contribution in [3.63, 3.8) is 0 Å². The molecule has 1 aliphatic rings. The largest absolute Gasteiger partial charge is 0.465 e. The summed E-state index contributed by atoms with van der Waals surface area (Å²) in [7, 11) is 0. The van der Waals surface area contributed by atoms with Crippen LogP contribution in [0.3, 0.4) is 0 Å². The van der Waals surface area contributed by atoms with Crippen molar-refractivity contribution in [2.75, 3.05) is 6.54 Å². The molecule has 1 aliphatic heterocycles. The number of rotatable bonds is 2. The number of aliphatic hydroxyl groups is 1. The Hall–Kier alpha value is -1.62. The maximum Gasteiger partial charge on any atom is 0.407 e. The first kappa shape index (κ1) is 12.8. The highest BCUT2D eigenvalue weighted by atomic mass is 19.1. The molecule has 0 aromatic heterocycles. The zero-order valence-electron chi connectivity index (χ0n) is 10.1. The SMILES string of the molecule is C[C@H]1C[C@](O)(Cc2ccccc2F)CN1C(=O)O. The normalized spacial score (nSPS) is 27.5. The molecule has 2 N–H and O–H groups in total. The number of nitrogens with zero attached hydrogens (tertiary/aromatic N) is 1. The van der Waals surface area contributed by atoms with Gasteiger partial charge in [0.15, 0.2) is 0 Å². The van der Waals surface area contributed by atoms with E-state index < -0.39 is 11.7 Å². The fraction of sp³-hybridized carbons (Fsp3) is 0.462. The molecule has 1 amide bonds. The molecule has 5 heteroatoms. The summed E-state index contributed by atoms with van der Waals surface area (Å²) in [4.78, 5) is 12.2. The van der Waals surface area contributed by atoms with Crippen LogP contribution in [0.15, 0.2) is 24.3 Å². The zero-order chi connectivity index (χ0) is 13.3. The number of halogens is 1. The fourth-order valence-corrected chi connectivity index (χ4v) is 2.58. The molecule has 0 spiro atoms. The lowest BCUT2D eigenvalue weighted by molar-refractivity contribution is 0.0484. The fourth-order valence-electron chi connectivity index (χ4n) is 2.58. The Balaban J connectivity index is 2.15. The lowest BCUT2D eigenvalue weighted by atomic mass is 9.92. The molecule has 2 rings (SSSR count). The van der Waals surface area contributed by atoms with E-state index in [1.807, 2.05) is 0 Å². The summed E-state index contributed by atoms with van der Waals surface area (Å²) >= 11 is 0. The summed E-state index contributed by atoms with van der Waals surface area (Å²) < 4.78 is 13.5. The predicted molar refractivity (Wildman–Crippen MR) is 63.9 cm³/mol. The molecule has 1 aromatic carbocycles. The van der Waals surface area contributed by atoms with E-state index in [0.717, 1.165) is 0 Å². The van der Waals surface area contributed by atoms with Gasteiger partial charge in [0.1, 0.15) is 5.82 Å². The van der Waals surface area contributed by atoms with E-state index in [1.54, 1.807) is 25.1 Å². The minimum atomic E-state index is -1.18. The van der Waals surface area contributed by atoms with Crippen LogP contribution in [0.2, 0.25) is 0 Å². The zero-order valence-corrected chi connectivity index (χ0v) is 10.1. The van der Waals surface area contributed by atoms with E-state index in [0.29, 0.717) is 12.0 Å². The Morgan fingerprint density at radius 2 is 2.22 bits per heavy atom. The smallest absolute Gasteiger partial charge is 0.407 e. The molecule has 1 aromatic rings. The average molecular weight is 253 g/mol. The third-order valence-electron chi connectivity index (χ3n) is 3.40. The molecule has 0 aliphatic carbocycles. The molecule has 1 fully saturated rings. The highest BCUT2D eigenvalue weighted by molar-refractivity contribution is 5.66. The molecule has 98 valence electrons. The van der Waals surface area contributed by atoms with Crippen LogP contribution < -0.4 is 0 Å². The third kappa shape index (κ3) is 2.46. The van der Waals surface area contributed by atoms with Crippen LogP contribution in [0.25, 0.3) is 0 Å². The molecular formula is C13H16FNO3. The van der Waals surface area contributed by atoms with Crippen molar-refractivity contribution in [2.45, 2.75) is 31.4 Å². The van der Waals surface area contributed by atoms with E-state index in [1.165, 1.54) is 11.0 Å². The van der Waals surface area contributed by atoms with Gasteiger partial charge in [0.2, 0.25) is 0 Å². The molecule has 0 bridgehead atoms. The first-order chi connectivity index (χ1) is 8.41. The first-order valence-electron chi connectivity index (χ1n) is 5.87. The van der Waals surface area contributed by atoms with Crippen molar-refractivity contribution in [2.24, 2.45) is 0 Å². The summed E-state index contributed by atoms with van der Waals surface area (Å²) in [5.41, 5.74) is -0.764. The Morgan fingerprint density at radius 3 is 2.78 bits per heavy atom. The van der Waals surface area contributed by atoms with E-state index in [4.69, 9.17) is 5.11 Å². The van der Waals surface area contributed by atoms with E-state index in [-0.39, 0.29) is 24.8 Å². The van der Waals surface area contributed by atoms with Crippen molar-refractivity contribution in [3.8, 4) is 0 Å². The molecule has 0 saturated carbocycles. The molecule has 1 saturated heterocycles. The Labute approximate surface area is 105 Å². The topological polar surface area (TPSA) is 60.8 Å². The molecule has 0 radical (unpaired) electrons. The second kappa shape index (κ2) is 4.57. The van der Waals surface area contributed by atoms with Gasteiger partial charge in [-0.15, -0.1) is 0 Å². The van der Waals surface area contributed by atoms with Crippen molar-refractivity contribution in [1.82, 2.24) is 4.90 Å². The van der Waals surface area contributed by atoms with Gasteiger partial charge < -0.3 is 15.1 Å². The monoisotopic (exact) mass is 253 g/mol. The highest BCUT2D eigenvalue weighted by Gasteiger charge is 2.43. The van der Waals surface area contributed by atoms with E-state index in [9.17, 15) is 14.3 Å². The predicted octanol–water partition coefficient (Wildman–Crippen LogP) is 1.87. The molecule has 18 heavy (non-hydrogen) atoms. The van der Waals surface area contributed by atoms with E-state index in [2.05, 4.69) is 0 Å². The minimum absolute atomic E-state index is 0.0256. The van der Waals surface area contributed by atoms with Gasteiger partial charge in [-0.3, -0.25) is 0 Å². The summed E-state index contributed by atoms with van der Waals surface area (Å²) in [6, 6.07) is 5.99. The number of carboxylic acid groups (broad SMARTS) is 1. The molecule has 4 nitrogen and oxygen atoms in total. The lowest BCUT2D eigenvalue weighted by Crippen LogP contribution is -2.38. The van der Waals surface area contributed by atoms with Crippen molar-refractivity contribution < 1.29 is 19.4 Å². The molecule has 0 unspecified atom stereocenters. The second-order valence-corrected chi connectivity index (χ2v) is 4.96. The highest BCUT2D eigenvalue weighted by Crippen LogP contribution is 2.30. The maximum absolute atomic E-state index is 13.5. The van der Waals surface area contributed by atoms with Gasteiger partial charge >= 0.3 is 6.09 Å². The molecule has 2 atom stereocenters. The second-order valence-electron chi connectivity index (χ2n) is 4.96. The van der Waals surface area contributed by atoms with Crippen LogP contribution in [0.4, 0.5) is 9.18 Å². The van der Waals surface area contributed by atoms with Gasteiger partial charge in [-0.2, -0.15) is 0 Å². The van der Waals surface area contributed by atoms with Gasteiger partial charge in [0.05, 0.1) is 12.1 Å². The maximum atomic E-state index is 13.5. The number of carbonyl (C=O) groups is 1. The van der Waals surface area contributed by atoms with Gasteiger partial charge in [-0.05, 0) is 25.0 Å². The Bertz CT molecular complexity index is 465. The molecular weight excluding hydrogens is 237 g/mol. The summed E-state index contributed by atoms with van der Waals surface area (Å²) in [6.07, 6.45) is -0.589. The lowest BCUT2D eigenvalue weighted by Gasteiger charge is -2.22. The summed E-state index contributed by atoms with van der Waals surface area (Å²) in [5.74, 6) is -0.368. The number of hydrogen-bond acceptors (Lipinski definition) is 2. The number of amides is 1. The third-order valence-corrected chi connectivity index (χ3v) is 3.40. The van der Waals surface area contributed by atoms with Crippen LogP contribution in [-0.2, 0) is 6.42 Å². The van der Waals surface area contributed by atoms with Gasteiger partial charge in [-0.25, -0.2) is 9.18 Å².